The second-order valence-corrected chi connectivity index (χ2v) is 8.67. The predicted molar refractivity (Wildman–Crippen MR) is 111 cm³/mol. The molecule has 0 saturated carbocycles. The Labute approximate surface area is 162 Å². The highest BCUT2D eigenvalue weighted by Crippen LogP contribution is 2.45. The summed E-state index contributed by atoms with van der Waals surface area (Å²) in [5, 5.41) is 0. The first-order valence-electron chi connectivity index (χ1n) is 9.58. The van der Waals surface area contributed by atoms with Gasteiger partial charge in [0.2, 0.25) is 0 Å². The molecule has 0 unspecified atom stereocenters. The Bertz CT molecular complexity index is 878. The molecule has 0 N–H and O–H groups in total. The van der Waals surface area contributed by atoms with Crippen LogP contribution >= 0.6 is 0 Å². The Kier molecular flexibility index (Phi) is 5.23. The van der Waals surface area contributed by atoms with Gasteiger partial charge < -0.3 is 4.74 Å². The third-order valence-electron chi connectivity index (χ3n) is 5.78. The van der Waals surface area contributed by atoms with E-state index in [1.165, 1.54) is 36.6 Å². The Hall–Kier alpha value is -2.42. The van der Waals surface area contributed by atoms with Crippen LogP contribution < -0.4 is 0 Å². The first kappa shape index (κ1) is 19.3. The van der Waals surface area contributed by atoms with Gasteiger partial charge in [0.1, 0.15) is 0 Å². The average Bonchev–Trinajstić information content (AvgIpc) is 2.65. The molecule has 2 aromatic rings. The summed E-state index contributed by atoms with van der Waals surface area (Å²) >= 11 is 0. The van der Waals surface area contributed by atoms with E-state index in [1.807, 2.05) is 24.4 Å². The predicted octanol–water partition coefficient (Wildman–Crippen LogP) is 5.77. The number of ether oxygens (including phenoxy) is 1. The van der Waals surface area contributed by atoms with E-state index in [1.54, 1.807) is 6.07 Å². The number of hydrogen-bond acceptors (Lipinski definition) is 3. The largest absolute Gasteiger partial charge is 0.465 e. The van der Waals surface area contributed by atoms with Crippen LogP contribution in [0, 0.1) is 0 Å². The summed E-state index contributed by atoms with van der Waals surface area (Å²) in [4.78, 5) is 16.4. The van der Waals surface area contributed by atoms with Gasteiger partial charge in [0.15, 0.2) is 0 Å². The number of hydrogen-bond donors (Lipinski definition) is 0. The lowest BCUT2D eigenvalue weighted by molar-refractivity contribution is 0.0601. The molecule has 1 aliphatic rings. The second-order valence-electron chi connectivity index (χ2n) is 8.67. The Morgan fingerprint density at radius 2 is 1.70 bits per heavy atom. The number of carbonyl (C=O) groups is 1. The average molecular weight is 364 g/mol. The number of aliphatic imine (C=N–C) groups is 1. The first-order valence-corrected chi connectivity index (χ1v) is 9.58. The molecule has 0 amide bonds. The molecule has 0 fully saturated rings. The molecule has 142 valence electrons. The Balaban J connectivity index is 1.84. The number of esters is 1. The van der Waals surface area contributed by atoms with E-state index in [-0.39, 0.29) is 16.8 Å². The number of benzene rings is 2. The summed E-state index contributed by atoms with van der Waals surface area (Å²) < 4.78 is 4.83. The fourth-order valence-corrected chi connectivity index (χ4v) is 3.88. The molecule has 0 spiro atoms. The highest BCUT2D eigenvalue weighted by Gasteiger charge is 2.36. The van der Waals surface area contributed by atoms with Crippen molar-refractivity contribution in [2.24, 2.45) is 4.99 Å². The molecular weight excluding hydrogens is 334 g/mol. The maximum Gasteiger partial charge on any atom is 0.340 e. The number of para-hydroxylation sites is 1. The molecule has 0 heterocycles. The standard InChI is InChI=1S/C24H29NO2/c1-23(2)13-14-24(3,4)20-16-17(10-11-19(20)23)12-15-25-21-9-7-6-8-18(21)22(26)27-5/h6-11,15-16H,12-14H2,1-5H3. The van der Waals surface area contributed by atoms with Crippen molar-refractivity contribution in [3.63, 3.8) is 0 Å². The molecule has 2 aromatic carbocycles. The first-order chi connectivity index (χ1) is 12.7. The van der Waals surface area contributed by atoms with Crippen LogP contribution in [0.3, 0.4) is 0 Å². The molecular formula is C24H29NO2. The summed E-state index contributed by atoms with van der Waals surface area (Å²) in [7, 11) is 1.39. The zero-order valence-corrected chi connectivity index (χ0v) is 17.0. The van der Waals surface area contributed by atoms with Gasteiger partial charge in [-0.25, -0.2) is 4.79 Å². The van der Waals surface area contributed by atoms with E-state index in [2.05, 4.69) is 50.9 Å². The summed E-state index contributed by atoms with van der Waals surface area (Å²) in [5.74, 6) is -0.361. The Morgan fingerprint density at radius 1 is 1.04 bits per heavy atom. The van der Waals surface area contributed by atoms with Crippen molar-refractivity contribution in [3.8, 4) is 0 Å². The normalized spacial score (nSPS) is 17.5. The topological polar surface area (TPSA) is 38.7 Å². The highest BCUT2D eigenvalue weighted by atomic mass is 16.5. The molecule has 3 nitrogen and oxygen atoms in total. The van der Waals surface area contributed by atoms with Crippen molar-refractivity contribution in [1.82, 2.24) is 0 Å². The van der Waals surface area contributed by atoms with Crippen molar-refractivity contribution >= 4 is 17.9 Å². The summed E-state index contributed by atoms with van der Waals surface area (Å²) in [5.41, 5.74) is 5.74. The van der Waals surface area contributed by atoms with E-state index in [0.717, 1.165) is 6.42 Å². The van der Waals surface area contributed by atoms with Crippen LogP contribution in [0.25, 0.3) is 0 Å². The molecule has 0 aliphatic heterocycles. The Morgan fingerprint density at radius 3 is 2.41 bits per heavy atom. The highest BCUT2D eigenvalue weighted by molar-refractivity contribution is 5.95. The quantitative estimate of drug-likeness (QED) is 0.511. The maximum absolute atomic E-state index is 11.9. The molecule has 3 rings (SSSR count). The van der Waals surface area contributed by atoms with E-state index >= 15 is 0 Å². The van der Waals surface area contributed by atoms with E-state index < -0.39 is 0 Å². The lowest BCUT2D eigenvalue weighted by atomic mass is 9.63. The van der Waals surface area contributed by atoms with Crippen LogP contribution in [0.2, 0.25) is 0 Å². The molecule has 1 aliphatic carbocycles. The molecule has 27 heavy (non-hydrogen) atoms. The summed E-state index contributed by atoms with van der Waals surface area (Å²) in [6.45, 7) is 9.36. The zero-order valence-electron chi connectivity index (χ0n) is 17.0. The van der Waals surface area contributed by atoms with Crippen molar-refractivity contribution in [3.05, 3.63) is 64.7 Å². The molecule has 0 radical (unpaired) electrons. The monoisotopic (exact) mass is 363 g/mol. The molecule has 0 bridgehead atoms. The van der Waals surface area contributed by atoms with E-state index in [4.69, 9.17) is 4.74 Å². The summed E-state index contributed by atoms with van der Waals surface area (Å²) in [6, 6.07) is 14.1. The van der Waals surface area contributed by atoms with Crippen LogP contribution in [0.5, 0.6) is 0 Å². The van der Waals surface area contributed by atoms with Gasteiger partial charge in [-0.3, -0.25) is 4.99 Å². The van der Waals surface area contributed by atoms with Crippen LogP contribution in [-0.4, -0.2) is 19.3 Å². The molecule has 0 atom stereocenters. The number of nitrogens with zero attached hydrogens (tertiary/aromatic N) is 1. The minimum Gasteiger partial charge on any atom is -0.465 e. The van der Waals surface area contributed by atoms with Crippen LogP contribution in [0.15, 0.2) is 47.5 Å². The number of methoxy groups -OCH3 is 1. The van der Waals surface area contributed by atoms with Gasteiger partial charge in [-0.05, 0) is 52.5 Å². The van der Waals surface area contributed by atoms with E-state index in [0.29, 0.717) is 11.3 Å². The molecule has 3 heteroatoms. The fraction of sp³-hybridized carbons (Fsp3) is 0.417. The van der Waals surface area contributed by atoms with Crippen molar-refractivity contribution in [2.45, 2.75) is 57.8 Å². The van der Waals surface area contributed by atoms with Crippen molar-refractivity contribution < 1.29 is 9.53 Å². The van der Waals surface area contributed by atoms with E-state index in [9.17, 15) is 4.79 Å². The minimum absolute atomic E-state index is 0.204. The maximum atomic E-state index is 11.9. The van der Waals surface area contributed by atoms with Gasteiger partial charge >= 0.3 is 5.97 Å². The summed E-state index contributed by atoms with van der Waals surface area (Å²) in [6.07, 6.45) is 5.04. The second kappa shape index (κ2) is 7.30. The SMILES string of the molecule is COC(=O)c1ccccc1N=CCc1ccc2c(c1)C(C)(C)CCC2(C)C. The minimum atomic E-state index is -0.361. The number of fused-ring (bicyclic) bond motifs is 1. The third-order valence-corrected chi connectivity index (χ3v) is 5.78. The van der Waals surface area contributed by atoms with Gasteiger partial charge in [0.25, 0.3) is 0 Å². The van der Waals surface area contributed by atoms with Crippen LogP contribution in [0.4, 0.5) is 5.69 Å². The van der Waals surface area contributed by atoms with Gasteiger partial charge in [0, 0.05) is 12.6 Å². The molecule has 0 saturated heterocycles. The number of rotatable bonds is 4. The van der Waals surface area contributed by atoms with Crippen molar-refractivity contribution in [1.29, 1.82) is 0 Å². The smallest absolute Gasteiger partial charge is 0.340 e. The van der Waals surface area contributed by atoms with Gasteiger partial charge in [-0.15, -0.1) is 0 Å². The lowest BCUT2D eigenvalue weighted by Crippen LogP contribution is -2.33. The molecule has 0 aromatic heterocycles. The van der Waals surface area contributed by atoms with Gasteiger partial charge in [-0.1, -0.05) is 58.0 Å². The van der Waals surface area contributed by atoms with Crippen LogP contribution in [0.1, 0.15) is 67.6 Å². The zero-order chi connectivity index (χ0) is 19.7. The van der Waals surface area contributed by atoms with Gasteiger partial charge in [-0.2, -0.15) is 0 Å². The number of carbonyl (C=O) groups excluding carboxylic acids is 1. The van der Waals surface area contributed by atoms with Gasteiger partial charge in [0.05, 0.1) is 18.4 Å². The lowest BCUT2D eigenvalue weighted by Gasteiger charge is -2.42. The third kappa shape index (κ3) is 3.97. The fourth-order valence-electron chi connectivity index (χ4n) is 3.88. The van der Waals surface area contributed by atoms with Crippen LogP contribution in [-0.2, 0) is 22.0 Å². The van der Waals surface area contributed by atoms with Crippen molar-refractivity contribution in [2.75, 3.05) is 7.11 Å².